The molecular weight excluding hydrogens is 530 g/mol. The Morgan fingerprint density at radius 3 is 2.78 bits per heavy atom. The summed E-state index contributed by atoms with van der Waals surface area (Å²) in [4.78, 5) is 4.22. The van der Waals surface area contributed by atoms with E-state index in [9.17, 15) is 0 Å². The van der Waals surface area contributed by atoms with Crippen molar-refractivity contribution < 1.29 is 18.9 Å². The van der Waals surface area contributed by atoms with Gasteiger partial charge in [-0.3, -0.25) is 4.90 Å². The second-order valence-corrected chi connectivity index (χ2v) is 15.2. The molecule has 2 spiro atoms. The van der Waals surface area contributed by atoms with Gasteiger partial charge in [-0.05, 0) is 79.5 Å². The largest absolute Gasteiger partial charge is 0.493 e. The molecule has 4 bridgehead atoms. The van der Waals surface area contributed by atoms with Gasteiger partial charge in [0.05, 0.1) is 25.7 Å². The molecule has 7 aliphatic rings. The normalized spacial score (nSPS) is 38.2. The van der Waals surface area contributed by atoms with Crippen molar-refractivity contribution in [1.29, 1.82) is 0 Å². The van der Waals surface area contributed by atoms with E-state index >= 15 is 0 Å². The highest BCUT2D eigenvalue weighted by molar-refractivity contribution is 7.19. The topological polar surface area (TPSA) is 40.2 Å². The van der Waals surface area contributed by atoms with Crippen molar-refractivity contribution in [1.82, 2.24) is 4.90 Å². The van der Waals surface area contributed by atoms with Gasteiger partial charge in [-0.15, -0.1) is 11.3 Å². The van der Waals surface area contributed by atoms with E-state index in [1.807, 2.05) is 18.4 Å². The lowest BCUT2D eigenvalue weighted by Gasteiger charge is -2.75. The Bertz CT molecular complexity index is 1500. The van der Waals surface area contributed by atoms with Gasteiger partial charge in [0.2, 0.25) is 0 Å². The second kappa shape index (κ2) is 8.72. The molecule has 41 heavy (non-hydrogen) atoms. The molecule has 6 heteroatoms. The molecular formula is C35H41NO4S. The Hall–Kier alpha value is -2.12. The smallest absolute Gasteiger partial charge is 0.165 e. The van der Waals surface area contributed by atoms with Crippen molar-refractivity contribution in [3.05, 3.63) is 58.5 Å². The molecule has 3 aromatic rings. The first-order chi connectivity index (χ1) is 20.0. The summed E-state index contributed by atoms with van der Waals surface area (Å²) < 4.78 is 27.9. The molecule has 5 fully saturated rings. The van der Waals surface area contributed by atoms with Crippen molar-refractivity contribution >= 4 is 21.4 Å². The van der Waals surface area contributed by atoms with Crippen LogP contribution >= 0.6 is 11.3 Å². The Kier molecular flexibility index (Phi) is 5.40. The Balaban J connectivity index is 1.12. The Morgan fingerprint density at radius 2 is 1.98 bits per heavy atom. The number of nitrogens with zero attached hydrogens (tertiary/aromatic N) is 1. The SMILES string of the molecule is COc1ccc2c3c1O[C@H]1[C@@]4(OC)CC[C@@]5(C[C@@H]4COCc4cc6ccccc6s4)[C@@H](C2)N(CC2CC2)C[C@H](C)[C@]315. The van der Waals surface area contributed by atoms with E-state index in [-0.39, 0.29) is 22.5 Å². The summed E-state index contributed by atoms with van der Waals surface area (Å²) in [6.45, 7) is 6.31. The molecule has 2 aromatic carbocycles. The molecule has 0 amide bonds. The van der Waals surface area contributed by atoms with Gasteiger partial charge in [0.15, 0.2) is 11.5 Å². The minimum Gasteiger partial charge on any atom is -0.493 e. The fourth-order valence-electron chi connectivity index (χ4n) is 10.8. The minimum absolute atomic E-state index is 0.00801. The van der Waals surface area contributed by atoms with Crippen LogP contribution in [0.25, 0.3) is 10.1 Å². The maximum atomic E-state index is 7.24. The highest BCUT2D eigenvalue weighted by atomic mass is 32.1. The van der Waals surface area contributed by atoms with Crippen molar-refractivity contribution in [3.63, 3.8) is 0 Å². The summed E-state index contributed by atoms with van der Waals surface area (Å²) in [5, 5.41) is 1.31. The molecule has 216 valence electrons. The molecule has 0 unspecified atom stereocenters. The van der Waals surface area contributed by atoms with Crippen LogP contribution in [-0.4, -0.2) is 56.6 Å². The molecule has 5 nitrogen and oxygen atoms in total. The number of thiophene rings is 1. The lowest BCUT2D eigenvalue weighted by Crippen LogP contribution is -2.83. The van der Waals surface area contributed by atoms with Crippen molar-refractivity contribution in [2.45, 2.75) is 75.2 Å². The van der Waals surface area contributed by atoms with E-state index in [1.165, 1.54) is 51.9 Å². The van der Waals surface area contributed by atoms with Gasteiger partial charge in [-0.25, -0.2) is 0 Å². The fraction of sp³-hybridized carbons (Fsp3) is 0.600. The van der Waals surface area contributed by atoms with E-state index in [2.05, 4.69) is 54.3 Å². The monoisotopic (exact) mass is 571 g/mol. The predicted octanol–water partition coefficient (Wildman–Crippen LogP) is 6.60. The molecule has 4 saturated carbocycles. The summed E-state index contributed by atoms with van der Waals surface area (Å²) in [6, 6.07) is 16.0. The predicted molar refractivity (Wildman–Crippen MR) is 161 cm³/mol. The van der Waals surface area contributed by atoms with Gasteiger partial charge in [0.25, 0.3) is 0 Å². The number of methoxy groups -OCH3 is 2. The standard InChI is InChI=1S/C35H41NO4S/c1-21-17-36(18-22-8-9-22)29-15-24-10-11-27(37-2)31-30(24)35(21)32(40-31)34(38-3)13-12-33(29,35)16-25(34)19-39-20-26-14-23-6-4-5-7-28(23)41-26/h4-7,10-11,14,21-22,25,29,32H,8-9,12-13,15-20H2,1-3H3/t21-,25+,29+,32-,33+,34+,35-/m0/s1. The van der Waals surface area contributed by atoms with Crippen LogP contribution in [0.5, 0.6) is 11.5 Å². The van der Waals surface area contributed by atoms with Gasteiger partial charge < -0.3 is 18.9 Å². The number of benzene rings is 2. The zero-order valence-corrected chi connectivity index (χ0v) is 25.3. The van der Waals surface area contributed by atoms with Gasteiger partial charge in [0.1, 0.15) is 11.7 Å². The molecule has 10 rings (SSSR count). The number of piperidine rings is 1. The van der Waals surface area contributed by atoms with Gasteiger partial charge in [-0.1, -0.05) is 31.2 Å². The Morgan fingerprint density at radius 1 is 1.10 bits per heavy atom. The number of likely N-dealkylation sites (tertiary alicyclic amines) is 1. The van der Waals surface area contributed by atoms with Crippen LogP contribution in [0.15, 0.2) is 42.5 Å². The summed E-state index contributed by atoms with van der Waals surface area (Å²) in [5.41, 5.74) is 2.73. The Labute approximate surface area is 247 Å². The number of ether oxygens (including phenoxy) is 4. The average molecular weight is 572 g/mol. The zero-order valence-electron chi connectivity index (χ0n) is 24.5. The number of hydrogen-bond donors (Lipinski definition) is 0. The third-order valence-electron chi connectivity index (χ3n) is 12.4. The summed E-state index contributed by atoms with van der Waals surface area (Å²) in [7, 11) is 3.72. The molecule has 3 heterocycles. The van der Waals surface area contributed by atoms with Crippen LogP contribution in [-0.2, 0) is 27.9 Å². The van der Waals surface area contributed by atoms with E-state index in [4.69, 9.17) is 18.9 Å². The first-order valence-electron chi connectivity index (χ1n) is 15.8. The fourth-order valence-corrected chi connectivity index (χ4v) is 11.8. The maximum absolute atomic E-state index is 7.24. The van der Waals surface area contributed by atoms with Gasteiger partial charge in [0, 0.05) is 52.7 Å². The van der Waals surface area contributed by atoms with Crippen molar-refractivity contribution in [2.75, 3.05) is 33.9 Å². The summed E-state index contributed by atoms with van der Waals surface area (Å²) in [5.74, 6) is 3.57. The van der Waals surface area contributed by atoms with E-state index in [0.717, 1.165) is 43.2 Å². The summed E-state index contributed by atoms with van der Waals surface area (Å²) >= 11 is 1.85. The quantitative estimate of drug-likeness (QED) is 0.305. The summed E-state index contributed by atoms with van der Waals surface area (Å²) in [6.07, 6.45) is 7.32. The first-order valence-corrected chi connectivity index (χ1v) is 16.6. The number of hydrogen-bond acceptors (Lipinski definition) is 6. The second-order valence-electron chi connectivity index (χ2n) is 14.0. The van der Waals surface area contributed by atoms with Gasteiger partial charge >= 0.3 is 0 Å². The minimum atomic E-state index is -0.363. The maximum Gasteiger partial charge on any atom is 0.165 e. The third kappa shape index (κ3) is 3.13. The zero-order chi connectivity index (χ0) is 27.6. The van der Waals surface area contributed by atoms with E-state index < -0.39 is 0 Å². The van der Waals surface area contributed by atoms with Crippen molar-refractivity contribution in [2.24, 2.45) is 23.2 Å². The van der Waals surface area contributed by atoms with Crippen LogP contribution < -0.4 is 9.47 Å². The third-order valence-corrected chi connectivity index (χ3v) is 13.5. The van der Waals surface area contributed by atoms with Crippen LogP contribution in [0.2, 0.25) is 0 Å². The molecule has 5 aliphatic carbocycles. The molecule has 7 atom stereocenters. The van der Waals surface area contributed by atoms with Crippen LogP contribution in [0.3, 0.4) is 0 Å². The first kappa shape index (κ1) is 25.4. The number of fused-ring (bicyclic) bond motifs is 3. The van der Waals surface area contributed by atoms with E-state index in [0.29, 0.717) is 31.1 Å². The lowest BCUT2D eigenvalue weighted by atomic mass is 9.33. The molecule has 1 saturated heterocycles. The molecule has 2 aliphatic heterocycles. The molecule has 1 aromatic heterocycles. The number of rotatable bonds is 8. The van der Waals surface area contributed by atoms with E-state index in [1.54, 1.807) is 7.11 Å². The highest BCUT2D eigenvalue weighted by Crippen LogP contribution is 2.77. The van der Waals surface area contributed by atoms with Gasteiger partial charge in [-0.2, -0.15) is 0 Å². The highest BCUT2D eigenvalue weighted by Gasteiger charge is 2.82. The molecule has 0 N–H and O–H groups in total. The van der Waals surface area contributed by atoms with Crippen LogP contribution in [0.4, 0.5) is 0 Å². The van der Waals surface area contributed by atoms with Crippen molar-refractivity contribution in [3.8, 4) is 11.5 Å². The average Bonchev–Trinajstić information content (AvgIpc) is 3.57. The molecule has 0 radical (unpaired) electrons. The van der Waals surface area contributed by atoms with Crippen LogP contribution in [0, 0.1) is 23.2 Å². The van der Waals surface area contributed by atoms with Crippen LogP contribution in [0.1, 0.15) is 55.0 Å². The lowest BCUT2D eigenvalue weighted by molar-refractivity contribution is -0.295.